The first-order chi connectivity index (χ1) is 10.3. The third-order valence-corrected chi connectivity index (χ3v) is 3.99. The second-order valence-corrected chi connectivity index (χ2v) is 5.58. The first kappa shape index (κ1) is 16.2. The van der Waals surface area contributed by atoms with Crippen molar-refractivity contribution in [3.8, 4) is 0 Å². The standard InChI is InChI=1S/C13H16BrN5O3/c1-7-9(14)6-19(17-7)8(2)12(20)16-10-5-15-18(3)11(10)13(21)22-4/h5-6,8H,1-4H3,(H,16,20). The molecule has 0 saturated carbocycles. The van der Waals surface area contributed by atoms with Gasteiger partial charge in [0.2, 0.25) is 5.91 Å². The molecule has 2 rings (SSSR count). The highest BCUT2D eigenvalue weighted by molar-refractivity contribution is 9.10. The number of amides is 1. The lowest BCUT2D eigenvalue weighted by Gasteiger charge is -2.12. The highest BCUT2D eigenvalue weighted by Crippen LogP contribution is 2.20. The quantitative estimate of drug-likeness (QED) is 0.827. The van der Waals surface area contributed by atoms with E-state index in [1.165, 1.54) is 18.0 Å². The summed E-state index contributed by atoms with van der Waals surface area (Å²) in [6, 6.07) is -0.546. The molecule has 2 aromatic rings. The number of carbonyl (C=O) groups excluding carboxylic acids is 2. The van der Waals surface area contributed by atoms with Crippen molar-refractivity contribution >= 4 is 33.5 Å². The molecule has 22 heavy (non-hydrogen) atoms. The molecule has 1 atom stereocenters. The highest BCUT2D eigenvalue weighted by atomic mass is 79.9. The zero-order chi connectivity index (χ0) is 16.4. The summed E-state index contributed by atoms with van der Waals surface area (Å²) in [7, 11) is 2.87. The zero-order valence-corrected chi connectivity index (χ0v) is 14.2. The summed E-state index contributed by atoms with van der Waals surface area (Å²) in [5.74, 6) is -0.881. The topological polar surface area (TPSA) is 91.0 Å². The van der Waals surface area contributed by atoms with Crippen LogP contribution in [-0.2, 0) is 16.6 Å². The summed E-state index contributed by atoms with van der Waals surface area (Å²) in [5.41, 5.74) is 1.27. The molecule has 118 valence electrons. The van der Waals surface area contributed by atoms with Gasteiger partial charge in [0.25, 0.3) is 0 Å². The molecule has 8 nitrogen and oxygen atoms in total. The molecule has 0 fully saturated rings. The number of anilines is 1. The molecule has 0 radical (unpaired) electrons. The predicted molar refractivity (Wildman–Crippen MR) is 82.6 cm³/mol. The molecule has 0 aromatic carbocycles. The van der Waals surface area contributed by atoms with Crippen molar-refractivity contribution in [3.63, 3.8) is 0 Å². The number of halogens is 1. The van der Waals surface area contributed by atoms with Crippen LogP contribution in [0.2, 0.25) is 0 Å². The van der Waals surface area contributed by atoms with E-state index < -0.39 is 12.0 Å². The van der Waals surface area contributed by atoms with Crippen LogP contribution in [-0.4, -0.2) is 38.5 Å². The SMILES string of the molecule is COC(=O)c1c(NC(=O)C(C)n2cc(Br)c(C)n2)cnn1C. The molecular weight excluding hydrogens is 354 g/mol. The van der Waals surface area contributed by atoms with E-state index in [0.717, 1.165) is 10.2 Å². The number of esters is 1. The Morgan fingerprint density at radius 2 is 2.14 bits per heavy atom. The molecule has 2 heterocycles. The number of hydrogen-bond donors (Lipinski definition) is 1. The van der Waals surface area contributed by atoms with Gasteiger partial charge in [0.05, 0.1) is 29.2 Å². The van der Waals surface area contributed by atoms with Crippen LogP contribution in [0.1, 0.15) is 29.1 Å². The lowest BCUT2D eigenvalue weighted by Crippen LogP contribution is -2.25. The summed E-state index contributed by atoms with van der Waals surface area (Å²) >= 11 is 3.35. The van der Waals surface area contributed by atoms with E-state index in [4.69, 9.17) is 0 Å². The smallest absolute Gasteiger partial charge is 0.358 e. The molecule has 1 amide bonds. The Morgan fingerprint density at radius 3 is 2.68 bits per heavy atom. The normalized spacial score (nSPS) is 12.0. The van der Waals surface area contributed by atoms with Crippen molar-refractivity contribution in [2.45, 2.75) is 19.9 Å². The Kier molecular flexibility index (Phi) is 4.65. The summed E-state index contributed by atoms with van der Waals surface area (Å²) in [6.07, 6.45) is 3.13. The molecule has 0 aliphatic rings. The monoisotopic (exact) mass is 369 g/mol. The van der Waals surface area contributed by atoms with Crippen molar-refractivity contribution in [2.24, 2.45) is 7.05 Å². The van der Waals surface area contributed by atoms with Crippen molar-refractivity contribution in [1.82, 2.24) is 19.6 Å². The first-order valence-electron chi connectivity index (χ1n) is 6.47. The van der Waals surface area contributed by atoms with Crippen molar-refractivity contribution in [1.29, 1.82) is 0 Å². The minimum Gasteiger partial charge on any atom is -0.464 e. The minimum absolute atomic E-state index is 0.181. The van der Waals surface area contributed by atoms with E-state index in [2.05, 4.69) is 36.2 Å². The molecule has 0 saturated heterocycles. The molecule has 1 unspecified atom stereocenters. The van der Waals surface area contributed by atoms with E-state index in [1.54, 1.807) is 24.9 Å². The van der Waals surface area contributed by atoms with Crippen LogP contribution in [0.5, 0.6) is 0 Å². The number of hydrogen-bond acceptors (Lipinski definition) is 5. The van der Waals surface area contributed by atoms with Crippen LogP contribution in [0.3, 0.4) is 0 Å². The molecule has 0 aliphatic carbocycles. The Morgan fingerprint density at radius 1 is 1.45 bits per heavy atom. The number of nitrogens with one attached hydrogen (secondary N) is 1. The fraction of sp³-hybridized carbons (Fsp3) is 0.385. The van der Waals surface area contributed by atoms with Crippen LogP contribution in [0.15, 0.2) is 16.9 Å². The van der Waals surface area contributed by atoms with E-state index in [-0.39, 0.29) is 11.6 Å². The van der Waals surface area contributed by atoms with E-state index in [1.807, 2.05) is 6.92 Å². The fourth-order valence-electron chi connectivity index (χ4n) is 1.88. The molecule has 0 bridgehead atoms. The zero-order valence-electron chi connectivity index (χ0n) is 12.6. The predicted octanol–water partition coefficient (Wildman–Crippen LogP) is 1.67. The van der Waals surface area contributed by atoms with Gasteiger partial charge in [-0.2, -0.15) is 10.2 Å². The lowest BCUT2D eigenvalue weighted by molar-refractivity contribution is -0.119. The van der Waals surface area contributed by atoms with Gasteiger partial charge in [-0.05, 0) is 29.8 Å². The van der Waals surface area contributed by atoms with Crippen molar-refractivity contribution in [2.75, 3.05) is 12.4 Å². The third kappa shape index (κ3) is 3.03. The summed E-state index contributed by atoms with van der Waals surface area (Å²) in [6.45, 7) is 3.55. The molecule has 0 aliphatic heterocycles. The van der Waals surface area contributed by atoms with Gasteiger partial charge in [-0.15, -0.1) is 0 Å². The van der Waals surface area contributed by atoms with Gasteiger partial charge < -0.3 is 10.1 Å². The molecule has 0 spiro atoms. The van der Waals surface area contributed by atoms with Crippen molar-refractivity contribution < 1.29 is 14.3 Å². The van der Waals surface area contributed by atoms with Gasteiger partial charge >= 0.3 is 5.97 Å². The largest absolute Gasteiger partial charge is 0.464 e. The second-order valence-electron chi connectivity index (χ2n) is 4.73. The molecule has 2 aromatic heterocycles. The number of rotatable bonds is 4. The third-order valence-electron chi connectivity index (χ3n) is 3.21. The van der Waals surface area contributed by atoms with Gasteiger partial charge in [0.1, 0.15) is 6.04 Å². The van der Waals surface area contributed by atoms with Gasteiger partial charge in [-0.25, -0.2) is 4.79 Å². The van der Waals surface area contributed by atoms with Crippen molar-refractivity contribution in [3.05, 3.63) is 28.3 Å². The Bertz CT molecular complexity index is 702. The number of aryl methyl sites for hydroxylation is 2. The minimum atomic E-state index is -0.569. The maximum atomic E-state index is 12.3. The van der Waals surface area contributed by atoms with Crippen LogP contribution < -0.4 is 5.32 Å². The lowest BCUT2D eigenvalue weighted by atomic mass is 10.3. The van der Waals surface area contributed by atoms with Crippen LogP contribution in [0.4, 0.5) is 5.69 Å². The molecule has 9 heteroatoms. The van der Waals surface area contributed by atoms with Gasteiger partial charge in [-0.3, -0.25) is 14.2 Å². The van der Waals surface area contributed by atoms with Crippen LogP contribution in [0, 0.1) is 6.92 Å². The maximum Gasteiger partial charge on any atom is 0.358 e. The Hall–Kier alpha value is -2.16. The van der Waals surface area contributed by atoms with E-state index in [9.17, 15) is 9.59 Å². The Labute approximate surface area is 135 Å². The molecule has 1 N–H and O–H groups in total. The number of methoxy groups -OCH3 is 1. The average Bonchev–Trinajstić information content (AvgIpc) is 3.01. The van der Waals surface area contributed by atoms with Gasteiger partial charge in [0.15, 0.2) is 5.69 Å². The maximum absolute atomic E-state index is 12.3. The summed E-state index contributed by atoms with van der Waals surface area (Å²) < 4.78 is 8.40. The average molecular weight is 370 g/mol. The second kappa shape index (κ2) is 6.30. The fourth-order valence-corrected chi connectivity index (χ4v) is 2.17. The molecular formula is C13H16BrN5O3. The summed E-state index contributed by atoms with van der Waals surface area (Å²) in [5, 5.41) is 10.9. The summed E-state index contributed by atoms with van der Waals surface area (Å²) in [4.78, 5) is 24.1. The highest BCUT2D eigenvalue weighted by Gasteiger charge is 2.22. The number of aromatic nitrogens is 4. The van der Waals surface area contributed by atoms with Crippen LogP contribution in [0.25, 0.3) is 0 Å². The first-order valence-corrected chi connectivity index (χ1v) is 7.27. The number of carbonyl (C=O) groups is 2. The van der Waals surface area contributed by atoms with Crippen LogP contribution >= 0.6 is 15.9 Å². The van der Waals surface area contributed by atoms with E-state index in [0.29, 0.717) is 5.69 Å². The van der Waals surface area contributed by atoms with E-state index >= 15 is 0 Å². The Balaban J connectivity index is 2.20. The number of ether oxygens (including phenoxy) is 1. The van der Waals surface area contributed by atoms with Gasteiger partial charge in [-0.1, -0.05) is 0 Å². The van der Waals surface area contributed by atoms with Gasteiger partial charge in [0, 0.05) is 13.2 Å². The number of nitrogens with zero attached hydrogens (tertiary/aromatic N) is 4.